The standard InChI is InChI=1S/C27H34N2O4/c30-27(31)19-32-26-14-4-12-23-21(9-3-13-24(23)26)11-6-16-33-29-25(17-20-7-1-2-8-20)22-10-5-15-28-18-22/h4-6,10-12,14-15,18,20-21,25,29H,1-3,7-9,13,16-17,19H2,(H,30,31). The molecule has 2 N–H and O–H groups in total. The second kappa shape index (κ2) is 12.0. The van der Waals surface area contributed by atoms with E-state index in [4.69, 9.17) is 14.7 Å². The number of carboxylic acid groups (broad SMARTS) is 1. The van der Waals surface area contributed by atoms with Gasteiger partial charge in [0.15, 0.2) is 6.61 Å². The Morgan fingerprint density at radius 2 is 2.06 bits per heavy atom. The minimum absolute atomic E-state index is 0.152. The smallest absolute Gasteiger partial charge is 0.341 e. The van der Waals surface area contributed by atoms with Gasteiger partial charge in [-0.05, 0) is 60.4 Å². The number of hydroxylamine groups is 1. The molecule has 2 aromatic rings. The topological polar surface area (TPSA) is 80.7 Å². The number of rotatable bonds is 11. The number of pyridine rings is 1. The number of allylic oxidation sites excluding steroid dienone is 1. The van der Waals surface area contributed by atoms with E-state index in [1.165, 1.54) is 36.8 Å². The number of carbonyl (C=O) groups is 1. The van der Waals surface area contributed by atoms with Crippen LogP contribution < -0.4 is 10.2 Å². The van der Waals surface area contributed by atoms with E-state index in [1.54, 1.807) is 6.20 Å². The SMILES string of the molecule is O=C(O)COc1cccc2c1CCCC2C=CCONC(CC1CCCC1)c1cccnc1. The summed E-state index contributed by atoms with van der Waals surface area (Å²) >= 11 is 0. The van der Waals surface area contributed by atoms with Crippen LogP contribution in [0.2, 0.25) is 0 Å². The molecule has 2 atom stereocenters. The number of nitrogens with one attached hydrogen (secondary N) is 1. The van der Waals surface area contributed by atoms with Crippen molar-refractivity contribution >= 4 is 5.97 Å². The number of benzene rings is 1. The number of ether oxygens (including phenoxy) is 1. The van der Waals surface area contributed by atoms with Crippen LogP contribution in [0.25, 0.3) is 0 Å². The molecule has 1 aromatic carbocycles. The molecule has 0 saturated heterocycles. The number of fused-ring (bicyclic) bond motifs is 1. The molecule has 1 saturated carbocycles. The zero-order valence-electron chi connectivity index (χ0n) is 19.1. The molecule has 1 heterocycles. The molecule has 0 radical (unpaired) electrons. The molecule has 4 rings (SSSR count). The summed E-state index contributed by atoms with van der Waals surface area (Å²) in [7, 11) is 0. The lowest BCUT2D eigenvalue weighted by Crippen LogP contribution is -2.24. The van der Waals surface area contributed by atoms with Gasteiger partial charge in [0.2, 0.25) is 0 Å². The first-order valence-corrected chi connectivity index (χ1v) is 12.1. The van der Waals surface area contributed by atoms with Crippen LogP contribution in [-0.4, -0.2) is 29.3 Å². The summed E-state index contributed by atoms with van der Waals surface area (Å²) in [6.07, 6.45) is 17.4. The van der Waals surface area contributed by atoms with Crippen molar-refractivity contribution < 1.29 is 19.5 Å². The van der Waals surface area contributed by atoms with Gasteiger partial charge in [-0.3, -0.25) is 9.82 Å². The average molecular weight is 451 g/mol. The van der Waals surface area contributed by atoms with Crippen LogP contribution in [0.15, 0.2) is 54.9 Å². The lowest BCUT2D eigenvalue weighted by Gasteiger charge is -2.25. The molecule has 6 heteroatoms. The maximum absolute atomic E-state index is 10.9. The highest BCUT2D eigenvalue weighted by Gasteiger charge is 2.23. The largest absolute Gasteiger partial charge is 0.482 e. The van der Waals surface area contributed by atoms with Gasteiger partial charge in [0.1, 0.15) is 5.75 Å². The van der Waals surface area contributed by atoms with Gasteiger partial charge in [-0.15, -0.1) is 0 Å². The molecule has 0 aliphatic heterocycles. The Kier molecular flexibility index (Phi) is 8.50. The second-order valence-corrected chi connectivity index (χ2v) is 9.09. The van der Waals surface area contributed by atoms with E-state index in [0.29, 0.717) is 18.3 Å². The van der Waals surface area contributed by atoms with E-state index < -0.39 is 5.97 Å². The van der Waals surface area contributed by atoms with Crippen molar-refractivity contribution in [2.24, 2.45) is 5.92 Å². The van der Waals surface area contributed by atoms with Crippen molar-refractivity contribution in [1.29, 1.82) is 0 Å². The van der Waals surface area contributed by atoms with Crippen LogP contribution in [-0.2, 0) is 16.1 Å². The van der Waals surface area contributed by atoms with Gasteiger partial charge in [-0.25, -0.2) is 4.79 Å². The molecule has 0 bridgehead atoms. The summed E-state index contributed by atoms with van der Waals surface area (Å²) in [5.41, 5.74) is 6.82. The highest BCUT2D eigenvalue weighted by atomic mass is 16.6. The third kappa shape index (κ3) is 6.65. The lowest BCUT2D eigenvalue weighted by molar-refractivity contribution is -0.139. The summed E-state index contributed by atoms with van der Waals surface area (Å²) in [6.45, 7) is 0.178. The predicted molar refractivity (Wildman–Crippen MR) is 127 cm³/mol. The summed E-state index contributed by atoms with van der Waals surface area (Å²) in [6, 6.07) is 10.2. The monoisotopic (exact) mass is 450 g/mol. The molecule has 2 aliphatic carbocycles. The zero-order chi connectivity index (χ0) is 22.9. The first-order valence-electron chi connectivity index (χ1n) is 12.1. The fourth-order valence-corrected chi connectivity index (χ4v) is 5.16. The molecular formula is C27H34N2O4. The Hall–Kier alpha value is -2.70. The minimum atomic E-state index is -0.956. The number of hydrogen-bond acceptors (Lipinski definition) is 5. The van der Waals surface area contributed by atoms with E-state index in [-0.39, 0.29) is 12.6 Å². The molecule has 33 heavy (non-hydrogen) atoms. The van der Waals surface area contributed by atoms with Crippen LogP contribution in [0.5, 0.6) is 5.75 Å². The number of hydrogen-bond donors (Lipinski definition) is 2. The van der Waals surface area contributed by atoms with Gasteiger partial charge in [-0.1, -0.05) is 56.0 Å². The molecular weight excluding hydrogens is 416 g/mol. The van der Waals surface area contributed by atoms with Crippen LogP contribution in [0.4, 0.5) is 0 Å². The number of nitrogens with zero attached hydrogens (tertiary/aromatic N) is 1. The molecule has 6 nitrogen and oxygen atoms in total. The Morgan fingerprint density at radius 1 is 1.18 bits per heavy atom. The van der Waals surface area contributed by atoms with Gasteiger partial charge in [0.05, 0.1) is 12.6 Å². The van der Waals surface area contributed by atoms with Crippen molar-refractivity contribution in [3.63, 3.8) is 0 Å². The van der Waals surface area contributed by atoms with Crippen molar-refractivity contribution in [2.45, 2.75) is 63.3 Å². The van der Waals surface area contributed by atoms with Gasteiger partial charge < -0.3 is 9.84 Å². The van der Waals surface area contributed by atoms with Crippen molar-refractivity contribution in [2.75, 3.05) is 13.2 Å². The Labute approximate surface area is 196 Å². The van der Waals surface area contributed by atoms with Crippen LogP contribution in [0.1, 0.15) is 73.6 Å². The van der Waals surface area contributed by atoms with Crippen LogP contribution >= 0.6 is 0 Å². The molecule has 176 valence electrons. The third-order valence-electron chi connectivity index (χ3n) is 6.77. The first kappa shape index (κ1) is 23.5. The fraction of sp³-hybridized carbons (Fsp3) is 0.481. The Bertz CT molecular complexity index is 925. The zero-order valence-corrected chi connectivity index (χ0v) is 19.1. The molecule has 0 spiro atoms. The normalized spacial score (nSPS) is 19.5. The minimum Gasteiger partial charge on any atom is -0.482 e. The van der Waals surface area contributed by atoms with Crippen molar-refractivity contribution in [3.8, 4) is 5.75 Å². The molecule has 1 fully saturated rings. The quantitative estimate of drug-likeness (QED) is 0.272. The lowest BCUT2D eigenvalue weighted by atomic mass is 9.82. The number of carboxylic acids is 1. The average Bonchev–Trinajstić information content (AvgIpc) is 3.35. The molecule has 2 aliphatic rings. The molecule has 1 aromatic heterocycles. The summed E-state index contributed by atoms with van der Waals surface area (Å²) in [5, 5.41) is 8.93. The maximum atomic E-state index is 10.9. The van der Waals surface area contributed by atoms with Crippen LogP contribution in [0.3, 0.4) is 0 Å². The van der Waals surface area contributed by atoms with E-state index in [9.17, 15) is 4.79 Å². The van der Waals surface area contributed by atoms with Crippen molar-refractivity contribution in [3.05, 3.63) is 71.6 Å². The predicted octanol–water partition coefficient (Wildman–Crippen LogP) is 5.36. The number of aliphatic carboxylic acids is 1. The van der Waals surface area contributed by atoms with Gasteiger partial charge >= 0.3 is 5.97 Å². The highest BCUT2D eigenvalue weighted by molar-refractivity contribution is 5.68. The Morgan fingerprint density at radius 3 is 2.85 bits per heavy atom. The van der Waals surface area contributed by atoms with Crippen LogP contribution in [0, 0.1) is 5.92 Å². The third-order valence-corrected chi connectivity index (χ3v) is 6.77. The van der Waals surface area contributed by atoms with Gasteiger partial charge in [0.25, 0.3) is 0 Å². The summed E-state index contributed by atoms with van der Waals surface area (Å²) in [4.78, 5) is 21.0. The van der Waals surface area contributed by atoms with Crippen molar-refractivity contribution in [1.82, 2.24) is 10.5 Å². The first-order chi connectivity index (χ1) is 16.2. The number of aromatic nitrogens is 1. The highest BCUT2D eigenvalue weighted by Crippen LogP contribution is 2.37. The molecule has 2 unspecified atom stereocenters. The second-order valence-electron chi connectivity index (χ2n) is 9.09. The summed E-state index contributed by atoms with van der Waals surface area (Å²) in [5.74, 6) is 0.774. The molecule has 0 amide bonds. The van der Waals surface area contributed by atoms with E-state index in [1.807, 2.05) is 24.4 Å². The van der Waals surface area contributed by atoms with E-state index >= 15 is 0 Å². The van der Waals surface area contributed by atoms with Gasteiger partial charge in [-0.2, -0.15) is 5.48 Å². The van der Waals surface area contributed by atoms with E-state index in [0.717, 1.165) is 37.2 Å². The Balaban J connectivity index is 1.33. The fourth-order valence-electron chi connectivity index (χ4n) is 5.16. The van der Waals surface area contributed by atoms with Gasteiger partial charge in [0, 0.05) is 18.3 Å². The maximum Gasteiger partial charge on any atom is 0.341 e. The van der Waals surface area contributed by atoms with E-state index in [2.05, 4.69) is 34.7 Å². The summed E-state index contributed by atoms with van der Waals surface area (Å²) < 4.78 is 5.52.